The van der Waals surface area contributed by atoms with Crippen molar-refractivity contribution in [1.82, 2.24) is 4.90 Å². The summed E-state index contributed by atoms with van der Waals surface area (Å²) in [6.07, 6.45) is 5.17. The molecule has 0 aromatic heterocycles. The number of piperidine rings is 1. The largest absolute Gasteiger partial charge is 0.489 e. The first-order valence-corrected chi connectivity index (χ1v) is 15.0. The van der Waals surface area contributed by atoms with E-state index in [0.29, 0.717) is 23.0 Å². The molecule has 1 aliphatic heterocycles. The Morgan fingerprint density at radius 1 is 1.20 bits per heavy atom. The molecule has 0 saturated carbocycles. The van der Waals surface area contributed by atoms with Crippen molar-refractivity contribution >= 4 is 70.0 Å². The van der Waals surface area contributed by atoms with Crippen LogP contribution in [0, 0.1) is 5.41 Å². The van der Waals surface area contributed by atoms with Crippen molar-refractivity contribution in [2.45, 2.75) is 45.8 Å². The fourth-order valence-corrected chi connectivity index (χ4v) is 5.84. The van der Waals surface area contributed by atoms with Crippen LogP contribution < -0.4 is 14.8 Å². The van der Waals surface area contributed by atoms with E-state index in [-0.39, 0.29) is 54.9 Å². The van der Waals surface area contributed by atoms with E-state index in [1.54, 1.807) is 49.4 Å². The van der Waals surface area contributed by atoms with E-state index in [1.807, 2.05) is 6.07 Å². The predicted molar refractivity (Wildman–Crippen MR) is 171 cm³/mol. The molecule has 2 aromatic rings. The SMILES string of the molecule is CCOC(=O)CS(=O)(=O)N(C/C=C/c1cccc(C(=N)N)c1)c1ccc(OC2CCN(C(C)C)CC2)c(Cl)c1.Cl.Cl. The third-order valence-corrected chi connectivity index (χ3v) is 8.35. The number of nitrogens with two attached hydrogens (primary N) is 1. The highest BCUT2D eigenvalue weighted by Crippen LogP contribution is 2.33. The molecular weight excluding hydrogens is 611 g/mol. The van der Waals surface area contributed by atoms with Crippen molar-refractivity contribution < 1.29 is 22.7 Å². The van der Waals surface area contributed by atoms with E-state index in [0.717, 1.165) is 35.8 Å². The Kier molecular flexibility index (Phi) is 15.0. The van der Waals surface area contributed by atoms with Gasteiger partial charge < -0.3 is 20.1 Å². The number of rotatable bonds is 12. The number of hydrogen-bond acceptors (Lipinski definition) is 7. The summed E-state index contributed by atoms with van der Waals surface area (Å²) >= 11 is 6.56. The smallest absolute Gasteiger partial charge is 0.323 e. The summed E-state index contributed by atoms with van der Waals surface area (Å²) in [7, 11) is -4.10. The molecule has 1 fully saturated rings. The second-order valence-corrected chi connectivity index (χ2v) is 11.9. The van der Waals surface area contributed by atoms with Crippen LogP contribution >= 0.6 is 36.4 Å². The lowest BCUT2D eigenvalue weighted by molar-refractivity contribution is -0.139. The van der Waals surface area contributed by atoms with E-state index in [4.69, 9.17) is 32.2 Å². The summed E-state index contributed by atoms with van der Waals surface area (Å²) in [4.78, 5) is 14.5. The number of halogens is 3. The van der Waals surface area contributed by atoms with Crippen LogP contribution in [0.25, 0.3) is 6.08 Å². The van der Waals surface area contributed by atoms with Gasteiger partial charge in [-0.3, -0.25) is 14.5 Å². The molecule has 3 rings (SSSR count). The summed E-state index contributed by atoms with van der Waals surface area (Å²) in [5.41, 5.74) is 7.17. The molecule has 0 unspecified atom stereocenters. The number of hydrogen-bond donors (Lipinski definition) is 2. The Morgan fingerprint density at radius 2 is 1.88 bits per heavy atom. The van der Waals surface area contributed by atoms with Gasteiger partial charge in [-0.1, -0.05) is 42.0 Å². The summed E-state index contributed by atoms with van der Waals surface area (Å²) in [5.74, 6) is -1.22. The number of carbonyl (C=O) groups is 1. The molecule has 0 radical (unpaired) electrons. The van der Waals surface area contributed by atoms with Crippen LogP contribution in [0.1, 0.15) is 44.7 Å². The van der Waals surface area contributed by atoms with E-state index in [9.17, 15) is 13.2 Å². The standard InChI is InChI=1S/C28H37ClN4O5S.2ClH/c1-4-37-27(34)19-39(35,36)33(14-6-8-21-7-5-9-22(17-21)28(30)31)23-10-11-26(25(29)18-23)38-24-12-15-32(16-13-24)20(2)3;;/h5-11,17-18,20,24H,4,12-16,19H2,1-3H3,(H3,30,31);2*1H/b8-6+;;. The number of likely N-dealkylation sites (tertiary alicyclic amines) is 1. The molecule has 0 spiro atoms. The van der Waals surface area contributed by atoms with Gasteiger partial charge >= 0.3 is 5.97 Å². The fraction of sp³-hybridized carbons (Fsp3) is 0.429. The van der Waals surface area contributed by atoms with Crippen LogP contribution in [-0.2, 0) is 19.6 Å². The monoisotopic (exact) mass is 648 g/mol. The summed E-state index contributed by atoms with van der Waals surface area (Å²) in [5, 5.41) is 7.90. The number of nitrogens with zero attached hydrogens (tertiary/aromatic N) is 2. The minimum absolute atomic E-state index is 0. The molecule has 228 valence electrons. The predicted octanol–water partition coefficient (Wildman–Crippen LogP) is 5.13. The normalized spacial score (nSPS) is 14.3. The molecule has 0 bridgehead atoms. The number of esters is 1. The number of nitrogens with one attached hydrogen (secondary N) is 1. The highest BCUT2D eigenvalue weighted by atomic mass is 35.5. The van der Waals surface area contributed by atoms with E-state index >= 15 is 0 Å². The molecule has 1 aliphatic rings. The molecule has 0 atom stereocenters. The highest BCUT2D eigenvalue weighted by molar-refractivity contribution is 7.93. The quantitative estimate of drug-likeness (QED) is 0.185. The topological polar surface area (TPSA) is 126 Å². The highest BCUT2D eigenvalue weighted by Gasteiger charge is 2.27. The molecule has 1 saturated heterocycles. The van der Waals surface area contributed by atoms with Gasteiger partial charge in [0.15, 0.2) is 5.75 Å². The third-order valence-electron chi connectivity index (χ3n) is 6.42. The molecule has 41 heavy (non-hydrogen) atoms. The molecule has 3 N–H and O–H groups in total. The van der Waals surface area contributed by atoms with Gasteiger partial charge in [-0.05, 0) is 63.4 Å². The number of benzene rings is 2. The van der Waals surface area contributed by atoms with Crippen LogP contribution in [-0.4, -0.2) is 69.3 Å². The van der Waals surface area contributed by atoms with Gasteiger partial charge in [-0.2, -0.15) is 0 Å². The van der Waals surface area contributed by atoms with Gasteiger partial charge in [0.1, 0.15) is 17.7 Å². The van der Waals surface area contributed by atoms with Crippen LogP contribution in [0.2, 0.25) is 5.02 Å². The maximum atomic E-state index is 13.3. The molecule has 2 aromatic carbocycles. The third kappa shape index (κ3) is 10.7. The first-order chi connectivity index (χ1) is 18.5. The minimum Gasteiger partial charge on any atom is -0.489 e. The van der Waals surface area contributed by atoms with Gasteiger partial charge in [0.05, 0.1) is 23.9 Å². The zero-order valence-corrected chi connectivity index (χ0v) is 26.6. The first kappa shape index (κ1) is 36.5. The summed E-state index contributed by atoms with van der Waals surface area (Å²) in [6, 6.07) is 12.3. The van der Waals surface area contributed by atoms with Crippen LogP contribution in [0.4, 0.5) is 5.69 Å². The molecule has 13 heteroatoms. The van der Waals surface area contributed by atoms with Crippen molar-refractivity contribution in [3.05, 3.63) is 64.7 Å². The molecular formula is C28H39Cl3N4O5S. The number of carbonyl (C=O) groups excluding carboxylic acids is 1. The molecule has 0 aliphatic carbocycles. The second kappa shape index (κ2) is 16.8. The van der Waals surface area contributed by atoms with E-state index in [1.165, 1.54) is 6.07 Å². The van der Waals surface area contributed by atoms with Crippen molar-refractivity contribution in [2.24, 2.45) is 5.73 Å². The summed E-state index contributed by atoms with van der Waals surface area (Å²) < 4.78 is 38.7. The average molecular weight is 650 g/mol. The van der Waals surface area contributed by atoms with Gasteiger partial charge in [-0.25, -0.2) is 8.42 Å². The number of nitrogen functional groups attached to an aromatic ring is 1. The molecule has 0 amide bonds. The van der Waals surface area contributed by atoms with Crippen LogP contribution in [0.15, 0.2) is 48.5 Å². The lowest BCUT2D eigenvalue weighted by atomic mass is 10.1. The van der Waals surface area contributed by atoms with Gasteiger partial charge in [-0.15, -0.1) is 24.8 Å². The molecule has 9 nitrogen and oxygen atoms in total. The maximum absolute atomic E-state index is 13.3. The Balaban J connectivity index is 0.00000420. The van der Waals surface area contributed by atoms with Gasteiger partial charge in [0, 0.05) is 24.7 Å². The zero-order chi connectivity index (χ0) is 28.6. The lowest BCUT2D eigenvalue weighted by Crippen LogP contribution is -2.41. The Bertz CT molecular complexity index is 1300. The van der Waals surface area contributed by atoms with Crippen molar-refractivity contribution in [1.29, 1.82) is 5.41 Å². The Morgan fingerprint density at radius 3 is 2.46 bits per heavy atom. The van der Waals surface area contributed by atoms with Crippen molar-refractivity contribution in [3.8, 4) is 5.75 Å². The maximum Gasteiger partial charge on any atom is 0.323 e. The first-order valence-electron chi connectivity index (χ1n) is 13.0. The minimum atomic E-state index is -4.10. The summed E-state index contributed by atoms with van der Waals surface area (Å²) in [6.45, 7) is 7.88. The number of sulfonamides is 1. The van der Waals surface area contributed by atoms with E-state index < -0.39 is 21.7 Å². The fourth-order valence-electron chi connectivity index (χ4n) is 4.33. The average Bonchev–Trinajstić information content (AvgIpc) is 2.88. The number of anilines is 1. The van der Waals surface area contributed by atoms with Crippen molar-refractivity contribution in [3.63, 3.8) is 0 Å². The lowest BCUT2D eigenvalue weighted by Gasteiger charge is -2.34. The second-order valence-electron chi connectivity index (χ2n) is 9.60. The van der Waals surface area contributed by atoms with Gasteiger partial charge in [0.2, 0.25) is 10.0 Å². The zero-order valence-electron chi connectivity index (χ0n) is 23.4. The van der Waals surface area contributed by atoms with Crippen molar-refractivity contribution in [2.75, 3.05) is 36.3 Å². The van der Waals surface area contributed by atoms with E-state index in [2.05, 4.69) is 18.7 Å². The molecule has 1 heterocycles. The van der Waals surface area contributed by atoms with Crippen LogP contribution in [0.3, 0.4) is 0 Å². The number of ether oxygens (including phenoxy) is 2. The Labute approximate surface area is 260 Å². The van der Waals surface area contributed by atoms with Crippen LogP contribution in [0.5, 0.6) is 5.75 Å². The van der Waals surface area contributed by atoms with Gasteiger partial charge in [0.25, 0.3) is 0 Å². The number of amidine groups is 1. The Hall–Kier alpha value is -2.50.